The minimum absolute atomic E-state index is 0.0835. The molecule has 15 aromatic carbocycles. The first kappa shape index (κ1) is 133. The normalized spacial score (nSPS) is 11.0. The van der Waals surface area contributed by atoms with E-state index in [9.17, 15) is 25.5 Å². The molecule has 5 N–H and O–H groups in total. The number of phenols is 5. The molecule has 0 aliphatic heterocycles. The Bertz CT molecular complexity index is 6350. The van der Waals surface area contributed by atoms with Crippen molar-refractivity contribution in [1.29, 1.82) is 0 Å². The van der Waals surface area contributed by atoms with Gasteiger partial charge in [-0.25, -0.2) is 0 Å². The van der Waals surface area contributed by atoms with Crippen molar-refractivity contribution in [2.45, 2.75) is 161 Å². The molecule has 0 radical (unpaired) electrons. The Morgan fingerprint density at radius 3 is 0.745 bits per heavy atom. The first-order valence-electron chi connectivity index (χ1n) is 48.1. The van der Waals surface area contributed by atoms with Crippen molar-refractivity contribution >= 4 is 189 Å². The minimum atomic E-state index is -0.556. The maximum absolute atomic E-state index is 11.1. The SMILES string of the molecule is Cc1cc(C)c(O)c(Pc2c(C)cccc2CN(C)Cc2ccccc2)c1.Cc1cc(Pc2c(C)cccc2CN(C)Cc2ccccc2)c(O)c(C(C)(C)C)c1.Cc1ccc(O)c(Pc2c(C)cccc2CN(C)Cc2ccccc2)c1.Cc1cccc(CN(C)Cc2ccccc2)c1Pc1ccccc1O.Cc1cccc(Pc2c(C)cccc2CN(C)Cc2ccccc2)c1O.[Cl][Ti][Cl].[Cl][Ti][Cl].[Cl][Ti][Cl].[Cl][Ti][Cl].[Cl][Ti][Cl]. The van der Waals surface area contributed by atoms with Crippen LogP contribution in [0.4, 0.5) is 0 Å². The Hall–Kier alpha value is -4.28. The second kappa shape index (κ2) is 74.1. The summed E-state index contributed by atoms with van der Waals surface area (Å²) in [7, 11) is 62.0. The fourth-order valence-corrected chi connectivity index (χ4v) is 23.6. The third kappa shape index (κ3) is 49.4. The number of halogens is 10. The summed E-state index contributed by atoms with van der Waals surface area (Å²) in [5.41, 5.74) is 26.1. The number of aryl methyl sites for hydroxylation is 10. The Kier molecular flexibility index (Phi) is 66.3. The Balaban J connectivity index is 0.000000275. The van der Waals surface area contributed by atoms with E-state index in [0.29, 0.717) is 71.7 Å². The molecule has 149 heavy (non-hydrogen) atoms. The monoisotopic (exact) mass is 2460 g/mol. The molecule has 0 heterocycles. The summed E-state index contributed by atoms with van der Waals surface area (Å²) in [5.74, 6) is 2.09. The molecule has 0 bridgehead atoms. The fraction of sp³-hybridized carbons (Fsp3) is 0.244. The predicted molar refractivity (Wildman–Crippen MR) is 643 cm³/mol. The summed E-state index contributed by atoms with van der Waals surface area (Å²) in [6.45, 7) is 36.6. The van der Waals surface area contributed by atoms with Crippen molar-refractivity contribution in [3.8, 4) is 28.7 Å². The van der Waals surface area contributed by atoms with Gasteiger partial charge in [-0.05, 0) is 272 Å². The van der Waals surface area contributed by atoms with Crippen LogP contribution in [0.3, 0.4) is 0 Å². The van der Waals surface area contributed by atoms with Gasteiger partial charge in [-0.1, -0.05) is 366 Å². The van der Waals surface area contributed by atoms with Crippen LogP contribution >= 0.6 is 136 Å². The van der Waals surface area contributed by atoms with E-state index in [1.165, 1.54) is 127 Å². The average molecular weight is 2470 g/mol. The van der Waals surface area contributed by atoms with E-state index in [4.69, 9.17) is 93.0 Å². The zero-order valence-electron chi connectivity index (χ0n) is 88.0. The Labute approximate surface area is 981 Å². The maximum atomic E-state index is 11.1. The van der Waals surface area contributed by atoms with Gasteiger partial charge in [-0.3, -0.25) is 24.5 Å². The van der Waals surface area contributed by atoms with E-state index in [0.717, 1.165) is 109 Å². The molecular weight excluding hydrogens is 2330 g/mol. The molecule has 0 aliphatic carbocycles. The van der Waals surface area contributed by atoms with Crippen molar-refractivity contribution in [2.75, 3.05) is 35.2 Å². The van der Waals surface area contributed by atoms with Gasteiger partial charge in [0.1, 0.15) is 28.7 Å². The van der Waals surface area contributed by atoms with Gasteiger partial charge < -0.3 is 25.5 Å². The van der Waals surface area contributed by atoms with Crippen molar-refractivity contribution in [3.05, 3.63) is 444 Å². The van der Waals surface area contributed by atoms with Gasteiger partial charge in [0.25, 0.3) is 0 Å². The van der Waals surface area contributed by atoms with Crippen LogP contribution in [0.1, 0.15) is 138 Å². The number of nitrogens with zero attached hydrogens (tertiary/aromatic N) is 5. The zero-order valence-corrected chi connectivity index (χ0v) is 108. The standard InChI is InChI=1S/C27H34NOP.C24H28NOP.2C23H26NOP.C22H24NOP.10ClH.5Ti/c1-19-15-23(27(3,4)5)25(29)24(16-19)30-26-20(2)11-10-14-22(26)18-28(6)17-21-12-8-7-9-13-21;1-17-13-19(3)23(26)22(14-17)27-24-18(2)9-8-12-21(24)16-25(4)15-20-10-6-5-7-11-20;1-17-9-8-14-21(22(17)25)26-23-18(2)10-7-13-20(23)16-24(3)15-19-11-5-4-6-12-19;1-17-12-13-21(25)22(14-17)26-23-18(2)8-7-11-20(23)16-24(3)15-19-9-5-4-6-10-19;1-17-9-8-12-19(16-23(2)15-18-10-4-3-5-11-18)22(17)25-21-14-7-6-13-20(21)24;;;;;;;;;;;;;;;/h7-16,29-30H,17-18H2,1-6H3;5-14,26-27H,15-16H2,1-4H3;2*4-14,25-26H,15-16H2,1-3H3;3-14,24-25H,15-16H2,1-2H3;10*1H;;;;;/q;;;;;;;;;;;;;;;5*+2/p-10. The van der Waals surface area contributed by atoms with E-state index in [1.807, 2.05) is 62.4 Å². The first-order chi connectivity index (χ1) is 71.4. The Morgan fingerprint density at radius 1 is 0.215 bits per heavy atom. The molecule has 5 unspecified atom stereocenters. The Morgan fingerprint density at radius 2 is 0.443 bits per heavy atom. The molecule has 0 aliphatic rings. The van der Waals surface area contributed by atoms with Crippen LogP contribution in [0.5, 0.6) is 28.7 Å². The molecule has 30 heteroatoms. The summed E-state index contributed by atoms with van der Waals surface area (Å²) in [6, 6.07) is 113. The van der Waals surface area contributed by atoms with Crippen LogP contribution in [-0.4, -0.2) is 85.3 Å². The number of phenolic OH excluding ortho intramolecular Hbond substituents is 5. The van der Waals surface area contributed by atoms with E-state index < -0.39 is 85.2 Å². The van der Waals surface area contributed by atoms with Crippen molar-refractivity contribution < 1.29 is 111 Å². The fourth-order valence-electron chi connectivity index (χ4n) is 16.7. The third-order valence-corrected chi connectivity index (χ3v) is 31.7. The number of para-hydroxylation sites is 2. The molecule has 0 amide bonds. The van der Waals surface area contributed by atoms with E-state index >= 15 is 0 Å². The molecule has 784 valence electrons. The molecule has 0 aromatic heterocycles. The third-order valence-electron chi connectivity index (χ3n) is 23.6. The van der Waals surface area contributed by atoms with Gasteiger partial charge >= 0.3 is 178 Å². The molecule has 15 rings (SSSR count). The number of hydrogen-bond donors (Lipinski definition) is 5. The molecule has 0 saturated carbocycles. The summed E-state index contributed by atoms with van der Waals surface area (Å²) >= 11 is -2.78. The van der Waals surface area contributed by atoms with Gasteiger partial charge in [-0.2, -0.15) is 0 Å². The van der Waals surface area contributed by atoms with Gasteiger partial charge in [0.2, 0.25) is 0 Å². The number of rotatable bonds is 30. The van der Waals surface area contributed by atoms with E-state index in [1.54, 1.807) is 12.1 Å². The van der Waals surface area contributed by atoms with Gasteiger partial charge in [0, 0.05) is 97.5 Å². The van der Waals surface area contributed by atoms with Crippen LogP contribution in [-0.2, 0) is 156 Å². The van der Waals surface area contributed by atoms with Crippen LogP contribution in [0.25, 0.3) is 0 Å². The predicted octanol–water partition coefficient (Wildman–Crippen LogP) is 29.5. The molecule has 15 aromatic rings. The average Bonchev–Trinajstić information content (AvgIpc) is 0.788. The van der Waals surface area contributed by atoms with Gasteiger partial charge in [0.15, 0.2) is 0 Å². The molecule has 0 fully saturated rings. The van der Waals surface area contributed by atoms with Crippen LogP contribution in [0, 0.1) is 69.2 Å². The number of benzene rings is 15. The molecule has 5 atom stereocenters. The topological polar surface area (TPSA) is 117 Å². The molecule has 10 nitrogen and oxygen atoms in total. The van der Waals surface area contributed by atoms with Crippen molar-refractivity contribution in [2.24, 2.45) is 0 Å². The van der Waals surface area contributed by atoms with Crippen LogP contribution in [0.2, 0.25) is 0 Å². The first-order valence-corrected chi connectivity index (χ1v) is 74.6. The number of aromatic hydroxyl groups is 5. The second-order valence-electron chi connectivity index (χ2n) is 37.3. The second-order valence-corrected chi connectivity index (χ2v) is 56.6. The van der Waals surface area contributed by atoms with Crippen molar-refractivity contribution in [3.63, 3.8) is 0 Å². The molecule has 0 spiro atoms. The summed E-state index contributed by atoms with van der Waals surface area (Å²) in [4.78, 5) is 11.7. The zero-order chi connectivity index (χ0) is 109. The summed E-state index contributed by atoms with van der Waals surface area (Å²) in [6.07, 6.45) is 0. The number of hydrogen-bond acceptors (Lipinski definition) is 10. The van der Waals surface area contributed by atoms with Gasteiger partial charge in [-0.15, -0.1) is 0 Å². The van der Waals surface area contributed by atoms with Crippen LogP contribution in [0.15, 0.2) is 328 Å². The summed E-state index contributed by atoms with van der Waals surface area (Å²) in [5, 5.41) is 64.2. The van der Waals surface area contributed by atoms with Gasteiger partial charge in [0.05, 0.1) is 0 Å². The quantitative estimate of drug-likeness (QED) is 0.0220. The van der Waals surface area contributed by atoms with E-state index in [2.05, 4.69) is 403 Å². The van der Waals surface area contributed by atoms with Crippen LogP contribution < -0.4 is 53.0 Å². The summed E-state index contributed by atoms with van der Waals surface area (Å²) < 4.78 is 0. The van der Waals surface area contributed by atoms with E-state index in [-0.39, 0.29) is 5.41 Å². The molecular formula is C119H138Cl10N5O5P5Ti5. The van der Waals surface area contributed by atoms with Crippen molar-refractivity contribution in [1.82, 2.24) is 24.5 Å². The molecule has 0 saturated heterocycles.